The molecule has 2 aliphatic heterocycles. The summed E-state index contributed by atoms with van der Waals surface area (Å²) in [6.45, 7) is 8.80. The third-order valence-electron chi connectivity index (χ3n) is 6.27. The maximum absolute atomic E-state index is 4.88. The molecule has 2 saturated heterocycles. The first-order chi connectivity index (χ1) is 14.2. The number of nitrogens with zero attached hydrogens (tertiary/aromatic N) is 5. The van der Waals surface area contributed by atoms with Crippen LogP contribution in [0.3, 0.4) is 0 Å². The van der Waals surface area contributed by atoms with Crippen LogP contribution >= 0.6 is 11.3 Å². The van der Waals surface area contributed by atoms with Crippen molar-refractivity contribution in [3.63, 3.8) is 0 Å². The van der Waals surface area contributed by atoms with Crippen LogP contribution in [0.5, 0.6) is 0 Å². The number of thiophene rings is 1. The topological polar surface area (TPSA) is 35.5 Å². The van der Waals surface area contributed by atoms with E-state index in [-0.39, 0.29) is 0 Å². The number of likely N-dealkylation sites (tertiary alicyclic amines) is 1. The van der Waals surface area contributed by atoms with Crippen molar-refractivity contribution in [2.75, 3.05) is 51.2 Å². The SMILES string of the molecule is Cc1nc(N2CCN(C3CCCN(C)C3)CC2)c2cc(-c3ccccc3)sc2n1. The van der Waals surface area contributed by atoms with E-state index < -0.39 is 0 Å². The van der Waals surface area contributed by atoms with Crippen LogP contribution in [0, 0.1) is 6.92 Å². The summed E-state index contributed by atoms with van der Waals surface area (Å²) in [4.78, 5) is 19.6. The second kappa shape index (κ2) is 8.01. The monoisotopic (exact) mass is 407 g/mol. The van der Waals surface area contributed by atoms with Gasteiger partial charge in [0.15, 0.2) is 0 Å². The lowest BCUT2D eigenvalue weighted by Gasteiger charge is -2.43. The zero-order valence-electron chi connectivity index (χ0n) is 17.3. The van der Waals surface area contributed by atoms with E-state index in [9.17, 15) is 0 Å². The Balaban J connectivity index is 1.38. The van der Waals surface area contributed by atoms with Gasteiger partial charge in [0.05, 0.1) is 5.39 Å². The van der Waals surface area contributed by atoms with Crippen LogP contribution in [0.2, 0.25) is 0 Å². The van der Waals surface area contributed by atoms with Gasteiger partial charge >= 0.3 is 0 Å². The highest BCUT2D eigenvalue weighted by atomic mass is 32.1. The van der Waals surface area contributed by atoms with Gasteiger partial charge in [-0.2, -0.15) is 0 Å². The van der Waals surface area contributed by atoms with Gasteiger partial charge in [-0.05, 0) is 45.0 Å². The minimum atomic E-state index is 0.717. The molecule has 152 valence electrons. The van der Waals surface area contributed by atoms with Gasteiger partial charge in [0.2, 0.25) is 0 Å². The van der Waals surface area contributed by atoms with E-state index in [0.717, 1.165) is 42.7 Å². The Hall–Kier alpha value is -2.02. The predicted molar refractivity (Wildman–Crippen MR) is 122 cm³/mol. The Morgan fingerprint density at radius 3 is 2.55 bits per heavy atom. The smallest absolute Gasteiger partial charge is 0.141 e. The van der Waals surface area contributed by atoms with Crippen molar-refractivity contribution in [1.29, 1.82) is 0 Å². The van der Waals surface area contributed by atoms with Crippen molar-refractivity contribution in [3.8, 4) is 10.4 Å². The molecule has 0 saturated carbocycles. The zero-order valence-corrected chi connectivity index (χ0v) is 18.2. The van der Waals surface area contributed by atoms with Gasteiger partial charge in [0.1, 0.15) is 16.5 Å². The highest BCUT2D eigenvalue weighted by Gasteiger charge is 2.28. The van der Waals surface area contributed by atoms with Gasteiger partial charge in [-0.1, -0.05) is 30.3 Å². The van der Waals surface area contributed by atoms with Crippen LogP contribution < -0.4 is 4.90 Å². The van der Waals surface area contributed by atoms with Crippen LogP contribution in [0.25, 0.3) is 20.7 Å². The van der Waals surface area contributed by atoms with E-state index in [1.165, 1.54) is 41.8 Å². The maximum atomic E-state index is 4.88. The normalized spacial score (nSPS) is 21.7. The number of benzene rings is 1. The van der Waals surface area contributed by atoms with Gasteiger partial charge in [0.25, 0.3) is 0 Å². The van der Waals surface area contributed by atoms with Crippen molar-refractivity contribution in [1.82, 2.24) is 19.8 Å². The molecule has 0 spiro atoms. The Labute approximate surface area is 177 Å². The minimum Gasteiger partial charge on any atom is -0.353 e. The zero-order chi connectivity index (χ0) is 19.8. The van der Waals surface area contributed by atoms with Crippen molar-refractivity contribution in [2.45, 2.75) is 25.8 Å². The van der Waals surface area contributed by atoms with Gasteiger partial charge in [0, 0.05) is 43.6 Å². The number of hydrogen-bond donors (Lipinski definition) is 0. The molecule has 1 unspecified atom stereocenters. The molecule has 0 bridgehead atoms. The molecular formula is C23H29N5S. The fourth-order valence-corrected chi connectivity index (χ4v) is 5.81. The largest absolute Gasteiger partial charge is 0.353 e. The van der Waals surface area contributed by atoms with Crippen molar-refractivity contribution < 1.29 is 0 Å². The highest BCUT2D eigenvalue weighted by Crippen LogP contribution is 2.36. The molecule has 5 rings (SSSR count). The second-order valence-corrected chi connectivity index (χ2v) is 9.40. The first-order valence-corrected chi connectivity index (χ1v) is 11.5. The van der Waals surface area contributed by atoms with Crippen LogP contribution in [0.1, 0.15) is 18.7 Å². The van der Waals surface area contributed by atoms with E-state index in [1.807, 2.05) is 6.92 Å². The molecule has 2 fully saturated rings. The fourth-order valence-electron chi connectivity index (χ4n) is 4.73. The molecule has 0 radical (unpaired) electrons. The van der Waals surface area contributed by atoms with E-state index in [2.05, 4.69) is 58.1 Å². The summed E-state index contributed by atoms with van der Waals surface area (Å²) in [7, 11) is 2.25. The number of rotatable bonds is 3. The lowest BCUT2D eigenvalue weighted by Crippen LogP contribution is -2.54. The molecule has 1 aromatic carbocycles. The summed E-state index contributed by atoms with van der Waals surface area (Å²) in [5, 5.41) is 1.20. The van der Waals surface area contributed by atoms with Crippen LogP contribution in [-0.4, -0.2) is 72.1 Å². The molecule has 0 aliphatic carbocycles. The summed E-state index contributed by atoms with van der Waals surface area (Å²) < 4.78 is 0. The molecule has 4 heterocycles. The minimum absolute atomic E-state index is 0.717. The van der Waals surface area contributed by atoms with E-state index in [1.54, 1.807) is 11.3 Å². The Bertz CT molecular complexity index is 978. The van der Waals surface area contributed by atoms with Gasteiger partial charge in [-0.25, -0.2) is 9.97 Å². The number of aromatic nitrogens is 2. The Kier molecular flexibility index (Phi) is 5.24. The molecule has 5 nitrogen and oxygen atoms in total. The number of piperidine rings is 1. The maximum Gasteiger partial charge on any atom is 0.141 e. The summed E-state index contributed by atoms with van der Waals surface area (Å²) in [6, 6.07) is 13.6. The molecule has 0 amide bonds. The number of likely N-dealkylation sites (N-methyl/N-ethyl adjacent to an activating group) is 1. The molecule has 2 aliphatic rings. The summed E-state index contributed by atoms with van der Waals surface area (Å²) >= 11 is 1.77. The molecular weight excluding hydrogens is 378 g/mol. The average Bonchev–Trinajstić information content (AvgIpc) is 3.18. The van der Waals surface area contributed by atoms with Crippen LogP contribution in [0.4, 0.5) is 5.82 Å². The molecule has 6 heteroatoms. The van der Waals surface area contributed by atoms with Crippen molar-refractivity contribution >= 4 is 27.4 Å². The summed E-state index contributed by atoms with van der Waals surface area (Å²) in [6.07, 6.45) is 2.66. The number of aryl methyl sites for hydroxylation is 1. The van der Waals surface area contributed by atoms with E-state index in [0.29, 0.717) is 6.04 Å². The van der Waals surface area contributed by atoms with Crippen molar-refractivity contribution in [2.24, 2.45) is 0 Å². The lowest BCUT2D eigenvalue weighted by atomic mass is 10.0. The summed E-state index contributed by atoms with van der Waals surface area (Å²) in [5.41, 5.74) is 1.25. The third-order valence-corrected chi connectivity index (χ3v) is 7.35. The van der Waals surface area contributed by atoms with Gasteiger partial charge in [-0.3, -0.25) is 4.90 Å². The van der Waals surface area contributed by atoms with Crippen molar-refractivity contribution in [3.05, 3.63) is 42.2 Å². The lowest BCUT2D eigenvalue weighted by molar-refractivity contribution is 0.106. The van der Waals surface area contributed by atoms with Crippen LogP contribution in [0.15, 0.2) is 36.4 Å². The predicted octanol–water partition coefficient (Wildman–Crippen LogP) is 3.88. The van der Waals surface area contributed by atoms with E-state index >= 15 is 0 Å². The molecule has 2 aromatic heterocycles. The van der Waals surface area contributed by atoms with E-state index in [4.69, 9.17) is 9.97 Å². The number of hydrogen-bond acceptors (Lipinski definition) is 6. The molecule has 0 N–H and O–H groups in total. The Morgan fingerprint density at radius 2 is 1.79 bits per heavy atom. The van der Waals surface area contributed by atoms with Gasteiger partial charge < -0.3 is 9.80 Å². The standard InChI is InChI=1S/C23H29N5S/c1-17-24-22(20-15-21(29-23(20)25-17)18-7-4-3-5-8-18)28-13-11-27(12-14-28)19-9-6-10-26(2)16-19/h3-5,7-8,15,19H,6,9-14,16H2,1-2H3. The fraction of sp³-hybridized carbons (Fsp3) is 0.478. The molecule has 3 aromatic rings. The highest BCUT2D eigenvalue weighted by molar-refractivity contribution is 7.21. The van der Waals surface area contributed by atoms with Gasteiger partial charge in [-0.15, -0.1) is 11.3 Å². The third kappa shape index (κ3) is 3.89. The first-order valence-electron chi connectivity index (χ1n) is 10.7. The first kappa shape index (κ1) is 19.0. The molecule has 1 atom stereocenters. The number of anilines is 1. The summed E-state index contributed by atoms with van der Waals surface area (Å²) in [5.74, 6) is 1.98. The van der Waals surface area contributed by atoms with Crippen LogP contribution in [-0.2, 0) is 0 Å². The number of fused-ring (bicyclic) bond motifs is 1. The Morgan fingerprint density at radius 1 is 1.00 bits per heavy atom. The second-order valence-electron chi connectivity index (χ2n) is 8.37. The average molecular weight is 408 g/mol. The molecule has 29 heavy (non-hydrogen) atoms. The number of piperazine rings is 1. The quantitative estimate of drug-likeness (QED) is 0.658.